The van der Waals surface area contributed by atoms with Crippen LogP contribution in [0.2, 0.25) is 0 Å². The maximum Gasteiger partial charge on any atom is 0.246 e. The summed E-state index contributed by atoms with van der Waals surface area (Å²) in [5.41, 5.74) is 0.867. The van der Waals surface area contributed by atoms with Gasteiger partial charge in [-0.3, -0.25) is 0 Å². The molecule has 0 aromatic heterocycles. The number of nitrogens with zero attached hydrogens (tertiary/aromatic N) is 1. The fourth-order valence-electron chi connectivity index (χ4n) is 2.09. The average molecular weight is 400 g/mol. The van der Waals surface area contributed by atoms with Crippen LogP contribution in [0.5, 0.6) is 11.5 Å². The van der Waals surface area contributed by atoms with Crippen molar-refractivity contribution in [3.8, 4) is 11.5 Å². The Morgan fingerprint density at radius 3 is 2.26 bits per heavy atom. The molecule has 0 N–H and O–H groups in total. The predicted molar refractivity (Wildman–Crippen MR) is 92.3 cm³/mol. The Bertz CT molecular complexity index is 775. The largest absolute Gasteiger partial charge is 0.497 e. The van der Waals surface area contributed by atoms with E-state index in [0.29, 0.717) is 10.2 Å². The van der Waals surface area contributed by atoms with E-state index in [1.807, 2.05) is 12.1 Å². The topological polar surface area (TPSA) is 55.8 Å². The quantitative estimate of drug-likeness (QED) is 0.747. The number of rotatable bonds is 6. The number of sulfonamides is 1. The molecule has 0 aliphatic heterocycles. The minimum atomic E-state index is -3.67. The van der Waals surface area contributed by atoms with Crippen LogP contribution in [0.15, 0.2) is 51.8 Å². The van der Waals surface area contributed by atoms with E-state index in [-0.39, 0.29) is 11.4 Å². The average Bonchev–Trinajstić information content (AvgIpc) is 2.55. The highest BCUT2D eigenvalue weighted by atomic mass is 79.9. The van der Waals surface area contributed by atoms with Gasteiger partial charge in [0.2, 0.25) is 10.0 Å². The number of benzene rings is 2. The lowest BCUT2D eigenvalue weighted by atomic mass is 10.2. The molecule has 0 spiro atoms. The van der Waals surface area contributed by atoms with Gasteiger partial charge in [0.05, 0.1) is 14.2 Å². The summed E-state index contributed by atoms with van der Waals surface area (Å²) in [6.45, 7) is 0.252. The standard InChI is InChI=1S/C16H18BrNO4S/c1-18(11-12-4-7-14(21-2)8-5-12)23(19,20)16-10-13(17)6-9-15(16)22-3/h4-10H,11H2,1-3H3. The fraction of sp³-hybridized carbons (Fsp3) is 0.250. The smallest absolute Gasteiger partial charge is 0.246 e. The minimum Gasteiger partial charge on any atom is -0.497 e. The molecule has 0 heterocycles. The van der Waals surface area contributed by atoms with Gasteiger partial charge in [-0.05, 0) is 35.9 Å². The zero-order valence-electron chi connectivity index (χ0n) is 13.1. The normalized spacial score (nSPS) is 11.5. The van der Waals surface area contributed by atoms with Crippen molar-refractivity contribution in [3.05, 3.63) is 52.5 Å². The Hall–Kier alpha value is -1.57. The molecule has 2 aromatic carbocycles. The van der Waals surface area contributed by atoms with Gasteiger partial charge in [0.25, 0.3) is 0 Å². The lowest BCUT2D eigenvalue weighted by Gasteiger charge is -2.19. The Morgan fingerprint density at radius 2 is 1.70 bits per heavy atom. The number of methoxy groups -OCH3 is 2. The van der Waals surface area contributed by atoms with Crippen LogP contribution >= 0.6 is 15.9 Å². The van der Waals surface area contributed by atoms with Crippen molar-refractivity contribution >= 4 is 26.0 Å². The lowest BCUT2D eigenvalue weighted by molar-refractivity contribution is 0.397. The van der Waals surface area contributed by atoms with E-state index in [9.17, 15) is 8.42 Å². The second-order valence-corrected chi connectivity index (χ2v) is 7.83. The summed E-state index contributed by atoms with van der Waals surface area (Å²) in [5.74, 6) is 1.04. The molecule has 0 aliphatic carbocycles. The highest BCUT2D eigenvalue weighted by Gasteiger charge is 2.25. The number of ether oxygens (including phenoxy) is 2. The molecule has 0 aliphatic rings. The first-order chi connectivity index (χ1) is 10.9. The third kappa shape index (κ3) is 4.04. The molecule has 5 nitrogen and oxygen atoms in total. The van der Waals surface area contributed by atoms with Crippen LogP contribution < -0.4 is 9.47 Å². The Morgan fingerprint density at radius 1 is 1.04 bits per heavy atom. The molecule has 0 radical (unpaired) electrons. The molecular weight excluding hydrogens is 382 g/mol. The number of hydrogen-bond acceptors (Lipinski definition) is 4. The molecular formula is C16H18BrNO4S. The summed E-state index contributed by atoms with van der Waals surface area (Å²) in [7, 11) is 0.909. The molecule has 124 valence electrons. The second kappa shape index (κ2) is 7.33. The van der Waals surface area contributed by atoms with Crippen molar-refractivity contribution in [1.82, 2.24) is 4.31 Å². The third-order valence-corrected chi connectivity index (χ3v) is 5.70. The molecule has 7 heteroatoms. The Balaban J connectivity index is 2.29. The fourth-order valence-corrected chi connectivity index (χ4v) is 3.94. The second-order valence-electron chi connectivity index (χ2n) is 4.90. The molecule has 0 saturated heterocycles. The van der Waals surface area contributed by atoms with Crippen molar-refractivity contribution < 1.29 is 17.9 Å². The van der Waals surface area contributed by atoms with Gasteiger partial charge < -0.3 is 9.47 Å². The third-order valence-electron chi connectivity index (χ3n) is 3.38. The number of halogens is 1. The minimum absolute atomic E-state index is 0.130. The summed E-state index contributed by atoms with van der Waals surface area (Å²) in [5, 5.41) is 0. The summed E-state index contributed by atoms with van der Waals surface area (Å²) >= 11 is 3.30. The van der Waals surface area contributed by atoms with Crippen molar-refractivity contribution in [3.63, 3.8) is 0 Å². The summed E-state index contributed by atoms with van der Waals surface area (Å²) in [6, 6.07) is 12.2. The Kier molecular flexibility index (Phi) is 5.67. The van der Waals surface area contributed by atoms with Gasteiger partial charge in [-0.2, -0.15) is 4.31 Å². The van der Waals surface area contributed by atoms with Gasteiger partial charge in [-0.1, -0.05) is 28.1 Å². The van der Waals surface area contributed by atoms with Crippen LogP contribution in [0, 0.1) is 0 Å². The Labute approximate surface area is 145 Å². The van der Waals surface area contributed by atoms with Crippen molar-refractivity contribution in [2.75, 3.05) is 21.3 Å². The summed E-state index contributed by atoms with van der Waals surface area (Å²) in [6.07, 6.45) is 0. The first-order valence-electron chi connectivity index (χ1n) is 6.81. The zero-order valence-corrected chi connectivity index (χ0v) is 15.5. The molecule has 0 unspecified atom stereocenters. The van der Waals surface area contributed by atoms with Crippen molar-refractivity contribution in [2.24, 2.45) is 0 Å². The molecule has 2 rings (SSSR count). The van der Waals surface area contributed by atoms with E-state index < -0.39 is 10.0 Å². The van der Waals surface area contributed by atoms with Gasteiger partial charge in [0, 0.05) is 18.1 Å². The molecule has 0 saturated carbocycles. The van der Waals surface area contributed by atoms with Gasteiger partial charge >= 0.3 is 0 Å². The molecule has 0 bridgehead atoms. The molecule has 0 fully saturated rings. The maximum atomic E-state index is 12.8. The van der Waals surface area contributed by atoms with Crippen LogP contribution in [0.4, 0.5) is 0 Å². The van der Waals surface area contributed by atoms with E-state index in [1.165, 1.54) is 11.4 Å². The van der Waals surface area contributed by atoms with E-state index in [2.05, 4.69) is 15.9 Å². The molecule has 23 heavy (non-hydrogen) atoms. The van der Waals surface area contributed by atoms with Crippen molar-refractivity contribution in [2.45, 2.75) is 11.4 Å². The van der Waals surface area contributed by atoms with E-state index in [0.717, 1.165) is 11.3 Å². The van der Waals surface area contributed by atoms with E-state index >= 15 is 0 Å². The monoisotopic (exact) mass is 399 g/mol. The number of hydrogen-bond donors (Lipinski definition) is 0. The summed E-state index contributed by atoms with van der Waals surface area (Å²) < 4.78 is 37.8. The highest BCUT2D eigenvalue weighted by Crippen LogP contribution is 2.30. The first kappa shape index (κ1) is 17.8. The SMILES string of the molecule is COc1ccc(CN(C)S(=O)(=O)c2cc(Br)ccc2OC)cc1. The van der Waals surface area contributed by atoms with Gasteiger partial charge in [0.15, 0.2) is 0 Å². The molecule has 0 atom stereocenters. The van der Waals surface area contributed by atoms with E-state index in [1.54, 1.807) is 44.5 Å². The maximum absolute atomic E-state index is 12.8. The van der Waals surface area contributed by atoms with Crippen LogP contribution in [-0.2, 0) is 16.6 Å². The van der Waals surface area contributed by atoms with Crippen LogP contribution in [0.25, 0.3) is 0 Å². The zero-order chi connectivity index (χ0) is 17.0. The van der Waals surface area contributed by atoms with Gasteiger partial charge in [0.1, 0.15) is 16.4 Å². The van der Waals surface area contributed by atoms with Crippen LogP contribution in [0.1, 0.15) is 5.56 Å². The van der Waals surface area contributed by atoms with Gasteiger partial charge in [-0.15, -0.1) is 0 Å². The lowest BCUT2D eigenvalue weighted by Crippen LogP contribution is -2.26. The van der Waals surface area contributed by atoms with Gasteiger partial charge in [-0.25, -0.2) is 8.42 Å². The highest BCUT2D eigenvalue weighted by molar-refractivity contribution is 9.10. The van der Waals surface area contributed by atoms with Crippen LogP contribution in [0.3, 0.4) is 0 Å². The van der Waals surface area contributed by atoms with Crippen molar-refractivity contribution in [1.29, 1.82) is 0 Å². The van der Waals surface area contributed by atoms with Crippen LogP contribution in [-0.4, -0.2) is 34.0 Å². The summed E-state index contributed by atoms with van der Waals surface area (Å²) in [4.78, 5) is 0.130. The first-order valence-corrected chi connectivity index (χ1v) is 9.04. The van der Waals surface area contributed by atoms with E-state index in [4.69, 9.17) is 9.47 Å². The molecule has 2 aromatic rings. The molecule has 0 amide bonds. The predicted octanol–water partition coefficient (Wildman–Crippen LogP) is 3.29.